The summed E-state index contributed by atoms with van der Waals surface area (Å²) >= 11 is 1.53. The molecule has 0 saturated carbocycles. The van der Waals surface area contributed by atoms with Crippen LogP contribution in [0.25, 0.3) is 27.4 Å². The zero-order chi connectivity index (χ0) is 21.4. The van der Waals surface area contributed by atoms with Crippen LogP contribution in [0, 0.1) is 6.92 Å². The number of hydrogen-bond acceptors (Lipinski definition) is 6. The molecule has 3 aromatic heterocycles. The smallest absolute Gasteiger partial charge is 0.341 e. The van der Waals surface area contributed by atoms with E-state index < -0.39 is 0 Å². The molecule has 5 aromatic rings. The lowest BCUT2D eigenvalue weighted by atomic mass is 10.1. The Hall–Kier alpha value is -3.71. The topological polar surface area (TPSA) is 68.5 Å². The summed E-state index contributed by atoms with van der Waals surface area (Å²) in [5, 5.41) is 4.16. The lowest BCUT2D eigenvalue weighted by Gasteiger charge is -2.07. The molecule has 154 valence electrons. The van der Waals surface area contributed by atoms with E-state index in [0.717, 1.165) is 37.9 Å². The number of para-hydroxylation sites is 3. The van der Waals surface area contributed by atoms with E-state index in [-0.39, 0.29) is 5.97 Å². The van der Waals surface area contributed by atoms with Crippen molar-refractivity contribution in [3.8, 4) is 10.6 Å². The van der Waals surface area contributed by atoms with Crippen LogP contribution in [0.2, 0.25) is 0 Å². The van der Waals surface area contributed by atoms with E-state index in [1.807, 2.05) is 78.9 Å². The number of imidazole rings is 1. The normalized spacial score (nSPS) is 11.2. The highest BCUT2D eigenvalue weighted by atomic mass is 32.1. The molecule has 3 heterocycles. The number of carbonyl (C=O) groups is 1. The monoisotopic (exact) mass is 428 g/mol. The van der Waals surface area contributed by atoms with Gasteiger partial charge >= 0.3 is 5.97 Å². The average molecular weight is 429 g/mol. The number of rotatable bonds is 5. The van der Waals surface area contributed by atoms with Crippen molar-refractivity contribution in [2.75, 3.05) is 11.9 Å². The molecule has 1 N–H and O–H groups in total. The highest BCUT2D eigenvalue weighted by Gasteiger charge is 2.25. The number of aromatic nitrogens is 3. The number of esters is 1. The van der Waals surface area contributed by atoms with E-state index in [2.05, 4.69) is 15.3 Å². The number of anilines is 2. The van der Waals surface area contributed by atoms with Gasteiger partial charge in [-0.25, -0.2) is 14.8 Å². The third-order valence-corrected chi connectivity index (χ3v) is 6.33. The lowest BCUT2D eigenvalue weighted by Crippen LogP contribution is -2.07. The molecule has 0 radical (unpaired) electrons. The summed E-state index contributed by atoms with van der Waals surface area (Å²) in [6, 6.07) is 19.7. The van der Waals surface area contributed by atoms with Crippen LogP contribution < -0.4 is 5.32 Å². The maximum atomic E-state index is 12.9. The highest BCUT2D eigenvalue weighted by Crippen LogP contribution is 2.42. The van der Waals surface area contributed by atoms with Crippen LogP contribution in [0.1, 0.15) is 22.8 Å². The van der Waals surface area contributed by atoms with Crippen molar-refractivity contribution < 1.29 is 9.53 Å². The van der Waals surface area contributed by atoms with Gasteiger partial charge in [0.25, 0.3) is 0 Å². The van der Waals surface area contributed by atoms with E-state index in [1.54, 1.807) is 6.20 Å². The second kappa shape index (κ2) is 7.85. The second-order valence-corrected chi connectivity index (χ2v) is 8.06. The third-order valence-electron chi connectivity index (χ3n) is 5.10. The highest BCUT2D eigenvalue weighted by molar-refractivity contribution is 7.20. The van der Waals surface area contributed by atoms with Gasteiger partial charge in [0.15, 0.2) is 0 Å². The zero-order valence-corrected chi connectivity index (χ0v) is 17.9. The summed E-state index contributed by atoms with van der Waals surface area (Å²) in [5.74, 6) is 0.295. The Morgan fingerprint density at radius 3 is 2.68 bits per heavy atom. The molecule has 0 amide bonds. The van der Waals surface area contributed by atoms with Gasteiger partial charge in [-0.15, -0.1) is 11.3 Å². The van der Waals surface area contributed by atoms with Gasteiger partial charge < -0.3 is 10.1 Å². The van der Waals surface area contributed by atoms with Gasteiger partial charge in [0.2, 0.25) is 5.78 Å². The molecule has 0 bridgehead atoms. The molecular weight excluding hydrogens is 408 g/mol. The number of fused-ring (bicyclic) bond motifs is 3. The molecule has 0 fully saturated rings. The molecule has 31 heavy (non-hydrogen) atoms. The number of nitrogens with one attached hydrogen (secondary N) is 1. The van der Waals surface area contributed by atoms with Crippen molar-refractivity contribution in [2.45, 2.75) is 13.8 Å². The predicted molar refractivity (Wildman–Crippen MR) is 124 cm³/mol. The summed E-state index contributed by atoms with van der Waals surface area (Å²) in [6.07, 6.45) is 1.75. The van der Waals surface area contributed by atoms with Gasteiger partial charge in [0, 0.05) is 11.9 Å². The summed E-state index contributed by atoms with van der Waals surface area (Å²) in [4.78, 5) is 22.9. The number of carbonyl (C=O) groups excluding carboxylic acids is 1. The second-order valence-electron chi connectivity index (χ2n) is 7.04. The Morgan fingerprint density at radius 2 is 1.87 bits per heavy atom. The Morgan fingerprint density at radius 1 is 1.10 bits per heavy atom. The summed E-state index contributed by atoms with van der Waals surface area (Å²) in [6.45, 7) is 4.09. The van der Waals surface area contributed by atoms with E-state index in [9.17, 15) is 4.79 Å². The van der Waals surface area contributed by atoms with Gasteiger partial charge in [-0.3, -0.25) is 4.40 Å². The summed E-state index contributed by atoms with van der Waals surface area (Å²) in [7, 11) is 0. The maximum Gasteiger partial charge on any atom is 0.341 e. The van der Waals surface area contributed by atoms with Crippen molar-refractivity contribution in [3.63, 3.8) is 0 Å². The predicted octanol–water partition coefficient (Wildman–Crippen LogP) is 5.84. The Kier molecular flexibility index (Phi) is 4.88. The minimum absolute atomic E-state index is 0.319. The molecule has 5 rings (SSSR count). The van der Waals surface area contributed by atoms with Crippen LogP contribution in [0.4, 0.5) is 10.7 Å². The van der Waals surface area contributed by atoms with Crippen molar-refractivity contribution in [3.05, 3.63) is 78.0 Å². The molecule has 2 aromatic carbocycles. The van der Waals surface area contributed by atoms with Crippen LogP contribution in [0.15, 0.2) is 66.9 Å². The molecular formula is C24H20N4O2S. The van der Waals surface area contributed by atoms with E-state index in [1.165, 1.54) is 11.3 Å². The van der Waals surface area contributed by atoms with Gasteiger partial charge in [-0.1, -0.05) is 30.3 Å². The third kappa shape index (κ3) is 3.33. The fraction of sp³-hybridized carbons (Fsp3) is 0.125. The number of thiophene rings is 1. The first kappa shape index (κ1) is 19.3. The van der Waals surface area contributed by atoms with Crippen LogP contribution >= 0.6 is 11.3 Å². The van der Waals surface area contributed by atoms with Gasteiger partial charge in [-0.2, -0.15) is 0 Å². The Balaban J connectivity index is 1.73. The van der Waals surface area contributed by atoms with Crippen molar-refractivity contribution >= 4 is 44.8 Å². The molecule has 0 unspecified atom stereocenters. The molecule has 0 spiro atoms. The van der Waals surface area contributed by atoms with Crippen LogP contribution in [0.3, 0.4) is 0 Å². The molecule has 6 nitrogen and oxygen atoms in total. The standard InChI is InChI=1S/C24H20N4O2S/c1-3-30-23(29)20-15(2)21(31-22(20)26-16-9-5-4-6-10-16)19-13-14-25-24-27-17-11-7-8-12-18(17)28(19)24/h4-14,26H,3H2,1-2H3. The first-order valence-electron chi connectivity index (χ1n) is 10.0. The quantitative estimate of drug-likeness (QED) is 0.356. The van der Waals surface area contributed by atoms with Crippen LogP contribution in [-0.4, -0.2) is 26.9 Å². The van der Waals surface area contributed by atoms with Gasteiger partial charge in [0.05, 0.1) is 33.8 Å². The fourth-order valence-corrected chi connectivity index (χ4v) is 4.94. The van der Waals surface area contributed by atoms with E-state index in [4.69, 9.17) is 4.74 Å². The zero-order valence-electron chi connectivity index (χ0n) is 17.1. The number of benzene rings is 2. The van der Waals surface area contributed by atoms with Crippen LogP contribution in [0.5, 0.6) is 0 Å². The molecule has 0 saturated heterocycles. The molecule has 0 aliphatic carbocycles. The number of hydrogen-bond donors (Lipinski definition) is 1. The van der Waals surface area contributed by atoms with Crippen molar-refractivity contribution in [1.29, 1.82) is 0 Å². The number of ether oxygens (including phenoxy) is 1. The summed E-state index contributed by atoms with van der Waals surface area (Å²) in [5.41, 5.74) is 5.13. The van der Waals surface area contributed by atoms with Crippen molar-refractivity contribution in [1.82, 2.24) is 14.4 Å². The minimum Gasteiger partial charge on any atom is -0.462 e. The minimum atomic E-state index is -0.332. The fourth-order valence-electron chi connectivity index (χ4n) is 3.71. The Bertz CT molecular complexity index is 1410. The lowest BCUT2D eigenvalue weighted by molar-refractivity contribution is 0.0527. The number of nitrogens with zero attached hydrogens (tertiary/aromatic N) is 3. The van der Waals surface area contributed by atoms with E-state index >= 15 is 0 Å². The SMILES string of the molecule is CCOC(=O)c1c(Nc2ccccc2)sc(-c2ccnc3nc4ccccc4n23)c1C. The van der Waals surface area contributed by atoms with Gasteiger partial charge in [-0.05, 0) is 49.7 Å². The van der Waals surface area contributed by atoms with E-state index in [0.29, 0.717) is 17.9 Å². The first-order chi connectivity index (χ1) is 15.2. The van der Waals surface area contributed by atoms with Crippen LogP contribution in [-0.2, 0) is 4.74 Å². The molecule has 0 aliphatic rings. The first-order valence-corrected chi connectivity index (χ1v) is 10.8. The average Bonchev–Trinajstić information content (AvgIpc) is 3.32. The largest absolute Gasteiger partial charge is 0.462 e. The van der Waals surface area contributed by atoms with Crippen molar-refractivity contribution in [2.24, 2.45) is 0 Å². The molecule has 0 aliphatic heterocycles. The summed E-state index contributed by atoms with van der Waals surface area (Å²) < 4.78 is 7.41. The van der Waals surface area contributed by atoms with Gasteiger partial charge in [0.1, 0.15) is 5.00 Å². The Labute approximate surface area is 183 Å². The molecule has 7 heteroatoms. The molecule has 0 atom stereocenters. The maximum absolute atomic E-state index is 12.9.